The van der Waals surface area contributed by atoms with Gasteiger partial charge in [0.2, 0.25) is 5.79 Å². The molecule has 7 nitrogen and oxygen atoms in total. The van der Waals surface area contributed by atoms with Gasteiger partial charge < -0.3 is 16.6 Å². The van der Waals surface area contributed by atoms with E-state index in [4.69, 9.17) is 11.5 Å². The average Bonchev–Trinajstić information content (AvgIpc) is 2.25. The summed E-state index contributed by atoms with van der Waals surface area (Å²) in [5, 5.41) is 9.36. The molecular weight excluding hydrogens is 188 g/mol. The third-order valence-corrected chi connectivity index (χ3v) is 2.39. The predicted octanol–water partition coefficient (Wildman–Crippen LogP) is -2.75. The number of rotatable bonds is 2. The van der Waals surface area contributed by atoms with Gasteiger partial charge in [0, 0.05) is 6.54 Å². The second kappa shape index (κ2) is 2.91. The van der Waals surface area contributed by atoms with Crippen molar-refractivity contribution >= 4 is 10.4 Å². The summed E-state index contributed by atoms with van der Waals surface area (Å²) < 4.78 is 29.5. The topological polar surface area (TPSA) is 125 Å². The molecule has 12 heavy (non-hydrogen) atoms. The van der Waals surface area contributed by atoms with E-state index in [1.165, 1.54) is 0 Å². The van der Waals surface area contributed by atoms with E-state index < -0.39 is 28.8 Å². The van der Waals surface area contributed by atoms with Crippen LogP contribution < -0.4 is 11.5 Å². The van der Waals surface area contributed by atoms with E-state index in [2.05, 4.69) is 8.37 Å². The van der Waals surface area contributed by atoms with Crippen molar-refractivity contribution in [2.45, 2.75) is 11.8 Å². The maximum atomic E-state index is 10.6. The van der Waals surface area contributed by atoms with Crippen molar-refractivity contribution in [3.8, 4) is 0 Å². The lowest BCUT2D eigenvalue weighted by molar-refractivity contribution is -0.136. The van der Waals surface area contributed by atoms with E-state index in [-0.39, 0.29) is 6.54 Å². The van der Waals surface area contributed by atoms with Crippen LogP contribution in [0.4, 0.5) is 0 Å². The lowest BCUT2D eigenvalue weighted by atomic mass is 10.1. The van der Waals surface area contributed by atoms with E-state index >= 15 is 0 Å². The number of aliphatic hydroxyl groups is 1. The molecule has 0 aromatic heterocycles. The molecule has 8 heteroatoms. The Bertz CT molecular complexity index is 265. The Morgan fingerprint density at radius 2 is 2.25 bits per heavy atom. The molecule has 0 saturated carbocycles. The van der Waals surface area contributed by atoms with Crippen LogP contribution in [0.15, 0.2) is 0 Å². The van der Waals surface area contributed by atoms with Crippen molar-refractivity contribution in [2.75, 3.05) is 13.2 Å². The highest BCUT2D eigenvalue weighted by Crippen LogP contribution is 2.23. The van der Waals surface area contributed by atoms with E-state index in [1.807, 2.05) is 0 Å². The third-order valence-electron chi connectivity index (χ3n) is 1.49. The number of hydrogen-bond acceptors (Lipinski definition) is 7. The quantitative estimate of drug-likeness (QED) is 0.439. The first-order valence-electron chi connectivity index (χ1n) is 3.18. The fraction of sp³-hybridized carbons (Fsp3) is 1.00. The summed E-state index contributed by atoms with van der Waals surface area (Å²) in [6, 6.07) is -0.991. The van der Waals surface area contributed by atoms with Crippen molar-refractivity contribution in [3.05, 3.63) is 0 Å². The minimum Gasteiger partial charge on any atom is -0.361 e. The Labute approximate surface area is 69.6 Å². The minimum absolute atomic E-state index is 0.102. The Hall–Kier alpha value is -0.250. The van der Waals surface area contributed by atoms with Crippen molar-refractivity contribution in [3.63, 3.8) is 0 Å². The van der Waals surface area contributed by atoms with Crippen molar-refractivity contribution in [1.82, 2.24) is 0 Å². The highest BCUT2D eigenvalue weighted by atomic mass is 32.3. The number of nitrogens with two attached hydrogens (primary N) is 2. The smallest absolute Gasteiger partial charge is 0.361 e. The summed E-state index contributed by atoms with van der Waals surface area (Å²) in [6.07, 6.45) is 0. The fourth-order valence-electron chi connectivity index (χ4n) is 0.734. The van der Waals surface area contributed by atoms with E-state index in [1.54, 1.807) is 0 Å². The zero-order chi connectivity index (χ0) is 9.41. The lowest BCUT2D eigenvalue weighted by Gasteiger charge is -2.23. The van der Waals surface area contributed by atoms with Crippen molar-refractivity contribution < 1.29 is 21.9 Å². The van der Waals surface area contributed by atoms with Crippen LogP contribution >= 0.6 is 0 Å². The molecule has 1 fully saturated rings. The first-order valence-corrected chi connectivity index (χ1v) is 4.51. The molecule has 1 aliphatic rings. The molecule has 0 aromatic carbocycles. The summed E-state index contributed by atoms with van der Waals surface area (Å²) in [4.78, 5) is 0. The molecule has 0 aliphatic carbocycles. The van der Waals surface area contributed by atoms with E-state index in [0.29, 0.717) is 0 Å². The van der Waals surface area contributed by atoms with Crippen molar-refractivity contribution in [1.29, 1.82) is 0 Å². The van der Waals surface area contributed by atoms with E-state index in [0.717, 1.165) is 0 Å². The first-order chi connectivity index (χ1) is 5.40. The molecule has 2 atom stereocenters. The Kier molecular flexibility index (Phi) is 2.38. The van der Waals surface area contributed by atoms with Gasteiger partial charge >= 0.3 is 10.4 Å². The van der Waals surface area contributed by atoms with Gasteiger partial charge in [0.25, 0.3) is 0 Å². The molecular formula is C4H10N2O5S. The zero-order valence-corrected chi connectivity index (χ0v) is 6.95. The average molecular weight is 198 g/mol. The van der Waals surface area contributed by atoms with Gasteiger partial charge in [-0.3, -0.25) is 0 Å². The number of hydrogen-bond donors (Lipinski definition) is 3. The monoisotopic (exact) mass is 198 g/mol. The maximum absolute atomic E-state index is 10.6. The Morgan fingerprint density at radius 3 is 2.58 bits per heavy atom. The van der Waals surface area contributed by atoms with Gasteiger partial charge in [-0.15, -0.1) is 0 Å². The molecule has 0 spiro atoms. The molecule has 0 aromatic rings. The van der Waals surface area contributed by atoms with Crippen molar-refractivity contribution in [2.24, 2.45) is 11.5 Å². The Balaban J connectivity index is 2.77. The molecule has 72 valence electrons. The summed E-state index contributed by atoms with van der Waals surface area (Å²) in [5.74, 6) is -2.02. The molecule has 1 aliphatic heterocycles. The van der Waals surface area contributed by atoms with Gasteiger partial charge in [0.05, 0.1) is 6.04 Å². The first kappa shape index (κ1) is 9.84. The molecule has 5 N–H and O–H groups in total. The van der Waals surface area contributed by atoms with Gasteiger partial charge in [-0.2, -0.15) is 8.42 Å². The van der Waals surface area contributed by atoms with Gasteiger partial charge in [0.1, 0.15) is 6.61 Å². The fourth-order valence-corrected chi connectivity index (χ4v) is 1.62. The minimum atomic E-state index is -4.09. The molecule has 1 saturated heterocycles. The molecule has 0 bridgehead atoms. The predicted molar refractivity (Wildman–Crippen MR) is 37.9 cm³/mol. The SMILES string of the molecule is NCC(N)C1(O)COS(=O)(=O)O1. The van der Waals surface area contributed by atoms with Gasteiger partial charge in [-0.25, -0.2) is 8.37 Å². The normalized spacial score (nSPS) is 36.6. The van der Waals surface area contributed by atoms with Crippen LogP contribution in [0.2, 0.25) is 0 Å². The summed E-state index contributed by atoms with van der Waals surface area (Å²) in [7, 11) is -4.09. The Morgan fingerprint density at radius 1 is 1.67 bits per heavy atom. The summed E-state index contributed by atoms with van der Waals surface area (Å²) >= 11 is 0. The molecule has 1 heterocycles. The highest BCUT2D eigenvalue weighted by Gasteiger charge is 2.47. The highest BCUT2D eigenvalue weighted by molar-refractivity contribution is 7.82. The summed E-state index contributed by atoms with van der Waals surface area (Å²) in [5.41, 5.74) is 10.4. The van der Waals surface area contributed by atoms with Crippen LogP contribution in [0.1, 0.15) is 0 Å². The van der Waals surface area contributed by atoms with Gasteiger partial charge in [-0.05, 0) is 0 Å². The molecule has 0 amide bonds. The van der Waals surface area contributed by atoms with Gasteiger partial charge in [0.15, 0.2) is 0 Å². The molecule has 0 radical (unpaired) electrons. The van der Waals surface area contributed by atoms with E-state index in [9.17, 15) is 13.5 Å². The molecule has 2 unspecified atom stereocenters. The van der Waals surface area contributed by atoms with Gasteiger partial charge in [-0.1, -0.05) is 0 Å². The zero-order valence-electron chi connectivity index (χ0n) is 6.13. The van der Waals surface area contributed by atoms with Crippen LogP contribution in [0.25, 0.3) is 0 Å². The van der Waals surface area contributed by atoms with Crippen LogP contribution in [0.5, 0.6) is 0 Å². The summed E-state index contributed by atoms with van der Waals surface area (Å²) in [6.45, 7) is -0.622. The standard InChI is InChI=1S/C4H10N2O5S/c5-1-3(6)4(7)2-10-12(8,9)11-4/h3,7H,1-2,5-6H2. The van der Waals surface area contributed by atoms with Crippen LogP contribution in [0.3, 0.4) is 0 Å². The lowest BCUT2D eigenvalue weighted by Crippen LogP contribution is -2.54. The second-order valence-corrected chi connectivity index (χ2v) is 3.66. The van der Waals surface area contributed by atoms with Crippen LogP contribution in [0, 0.1) is 0 Å². The van der Waals surface area contributed by atoms with Crippen LogP contribution in [-0.4, -0.2) is 38.5 Å². The molecule has 1 rings (SSSR count). The maximum Gasteiger partial charge on any atom is 0.402 e. The van der Waals surface area contributed by atoms with Crippen LogP contribution in [-0.2, 0) is 18.8 Å². The second-order valence-electron chi connectivity index (χ2n) is 2.44. The largest absolute Gasteiger partial charge is 0.402 e. The third kappa shape index (κ3) is 1.73.